The zero-order valence-electron chi connectivity index (χ0n) is 11.3. The standard InChI is InChI=1S/C15H16FN3O/c1-2-7-18-8-5-12(6-9-18)19-14-4-3-11(16)10-13(14)17-15(19)20/h3-4,10,12H,5-6,8-9H2,1H3,(H,17,20). The fourth-order valence-corrected chi connectivity index (χ4v) is 2.86. The first-order chi connectivity index (χ1) is 9.69. The summed E-state index contributed by atoms with van der Waals surface area (Å²) in [5, 5.41) is 0. The molecule has 0 atom stereocenters. The van der Waals surface area contributed by atoms with Gasteiger partial charge in [0.25, 0.3) is 0 Å². The van der Waals surface area contributed by atoms with E-state index in [1.807, 2.05) is 6.92 Å². The smallest absolute Gasteiger partial charge is 0.326 e. The highest BCUT2D eigenvalue weighted by molar-refractivity contribution is 5.75. The summed E-state index contributed by atoms with van der Waals surface area (Å²) in [6.45, 7) is 3.53. The summed E-state index contributed by atoms with van der Waals surface area (Å²) >= 11 is 0. The lowest BCUT2D eigenvalue weighted by Gasteiger charge is -2.30. The second kappa shape index (κ2) is 5.04. The molecule has 104 valence electrons. The van der Waals surface area contributed by atoms with E-state index in [2.05, 4.69) is 21.8 Å². The lowest BCUT2D eigenvalue weighted by Crippen LogP contribution is -2.34. The van der Waals surface area contributed by atoms with E-state index in [9.17, 15) is 9.18 Å². The highest BCUT2D eigenvalue weighted by Gasteiger charge is 2.22. The average Bonchev–Trinajstić information content (AvgIpc) is 2.75. The zero-order chi connectivity index (χ0) is 14.1. The molecule has 5 heteroatoms. The molecule has 0 amide bonds. The van der Waals surface area contributed by atoms with Gasteiger partial charge in [0.15, 0.2) is 0 Å². The van der Waals surface area contributed by atoms with Crippen LogP contribution < -0.4 is 5.69 Å². The number of rotatable bonds is 1. The number of nitrogens with zero attached hydrogens (tertiary/aromatic N) is 2. The van der Waals surface area contributed by atoms with Crippen LogP contribution in [0.15, 0.2) is 23.0 Å². The van der Waals surface area contributed by atoms with Gasteiger partial charge in [0.1, 0.15) is 5.82 Å². The van der Waals surface area contributed by atoms with E-state index in [1.165, 1.54) is 12.1 Å². The van der Waals surface area contributed by atoms with Crippen molar-refractivity contribution in [3.8, 4) is 12.0 Å². The van der Waals surface area contributed by atoms with Crippen LogP contribution in [0.3, 0.4) is 0 Å². The van der Waals surface area contributed by atoms with Crippen molar-refractivity contribution in [2.24, 2.45) is 0 Å². The van der Waals surface area contributed by atoms with Crippen molar-refractivity contribution in [3.63, 3.8) is 0 Å². The van der Waals surface area contributed by atoms with Crippen molar-refractivity contribution < 1.29 is 4.39 Å². The highest BCUT2D eigenvalue weighted by atomic mass is 19.1. The molecule has 1 aromatic heterocycles. The molecule has 0 unspecified atom stereocenters. The van der Waals surface area contributed by atoms with Crippen LogP contribution in [0.5, 0.6) is 0 Å². The van der Waals surface area contributed by atoms with Crippen LogP contribution in [0.2, 0.25) is 0 Å². The van der Waals surface area contributed by atoms with Gasteiger partial charge in [-0.1, -0.05) is 5.92 Å². The van der Waals surface area contributed by atoms with Gasteiger partial charge in [-0.25, -0.2) is 9.18 Å². The van der Waals surface area contributed by atoms with Gasteiger partial charge in [0, 0.05) is 25.2 Å². The summed E-state index contributed by atoms with van der Waals surface area (Å²) < 4.78 is 15.0. The second-order valence-electron chi connectivity index (χ2n) is 5.04. The molecule has 0 bridgehead atoms. The molecule has 0 spiro atoms. The van der Waals surface area contributed by atoms with E-state index in [0.29, 0.717) is 5.52 Å². The van der Waals surface area contributed by atoms with E-state index in [1.54, 1.807) is 10.6 Å². The minimum atomic E-state index is -0.334. The monoisotopic (exact) mass is 273 g/mol. The first kappa shape index (κ1) is 12.8. The van der Waals surface area contributed by atoms with Crippen molar-refractivity contribution in [2.75, 3.05) is 13.1 Å². The SMILES string of the molecule is CC#CN1CCC(n2c(=O)[nH]c3cc(F)ccc32)CC1. The van der Waals surface area contributed by atoms with E-state index in [4.69, 9.17) is 0 Å². The Morgan fingerprint density at radius 1 is 1.35 bits per heavy atom. The largest absolute Gasteiger partial charge is 0.332 e. The predicted octanol–water partition coefficient (Wildman–Crippen LogP) is 2.09. The van der Waals surface area contributed by atoms with Gasteiger partial charge in [-0.3, -0.25) is 4.57 Å². The third-order valence-corrected chi connectivity index (χ3v) is 3.78. The highest BCUT2D eigenvalue weighted by Crippen LogP contribution is 2.24. The number of benzene rings is 1. The number of H-pyrrole nitrogens is 1. The van der Waals surface area contributed by atoms with Crippen molar-refractivity contribution in [3.05, 3.63) is 34.5 Å². The van der Waals surface area contributed by atoms with Crippen LogP contribution in [0, 0.1) is 17.8 Å². The van der Waals surface area contributed by atoms with Crippen LogP contribution in [-0.2, 0) is 0 Å². The molecular weight excluding hydrogens is 257 g/mol. The van der Waals surface area contributed by atoms with Crippen molar-refractivity contribution >= 4 is 11.0 Å². The molecule has 1 fully saturated rings. The summed E-state index contributed by atoms with van der Waals surface area (Å²) in [6, 6.07) is 7.62. The Kier molecular flexibility index (Phi) is 3.23. The third kappa shape index (κ3) is 2.18. The molecule has 0 aliphatic carbocycles. The molecule has 4 nitrogen and oxygen atoms in total. The molecule has 2 aromatic rings. The van der Waals surface area contributed by atoms with Gasteiger partial charge in [0.05, 0.1) is 11.0 Å². The molecular formula is C15H16FN3O. The molecule has 0 saturated carbocycles. The Morgan fingerprint density at radius 2 is 2.10 bits per heavy atom. The maximum atomic E-state index is 13.2. The maximum absolute atomic E-state index is 13.2. The Morgan fingerprint density at radius 3 is 2.80 bits per heavy atom. The van der Waals surface area contributed by atoms with Crippen LogP contribution in [0.25, 0.3) is 11.0 Å². The Bertz CT molecular complexity index is 742. The van der Waals surface area contributed by atoms with Crippen molar-refractivity contribution in [1.29, 1.82) is 0 Å². The van der Waals surface area contributed by atoms with E-state index in [-0.39, 0.29) is 17.5 Å². The average molecular weight is 273 g/mol. The second-order valence-corrected chi connectivity index (χ2v) is 5.04. The molecule has 1 saturated heterocycles. The molecule has 1 N–H and O–H groups in total. The normalized spacial score (nSPS) is 16.2. The number of halogens is 1. The first-order valence-corrected chi connectivity index (χ1v) is 6.76. The van der Waals surface area contributed by atoms with Crippen LogP contribution in [-0.4, -0.2) is 27.5 Å². The number of aromatic amines is 1. The third-order valence-electron chi connectivity index (χ3n) is 3.78. The quantitative estimate of drug-likeness (QED) is 0.808. The molecule has 3 rings (SSSR count). The Balaban J connectivity index is 1.93. The summed E-state index contributed by atoms with van der Waals surface area (Å²) in [7, 11) is 0. The van der Waals surface area contributed by atoms with Gasteiger partial charge in [-0.2, -0.15) is 0 Å². The number of fused-ring (bicyclic) bond motifs is 1. The van der Waals surface area contributed by atoms with E-state index in [0.717, 1.165) is 31.4 Å². The molecule has 2 heterocycles. The van der Waals surface area contributed by atoms with Gasteiger partial charge in [0.2, 0.25) is 0 Å². The predicted molar refractivity (Wildman–Crippen MR) is 75.8 cm³/mol. The van der Waals surface area contributed by atoms with E-state index < -0.39 is 0 Å². The zero-order valence-corrected chi connectivity index (χ0v) is 11.3. The topological polar surface area (TPSA) is 41.0 Å². The Labute approximate surface area is 116 Å². The molecule has 1 aliphatic heterocycles. The lowest BCUT2D eigenvalue weighted by atomic mass is 10.1. The first-order valence-electron chi connectivity index (χ1n) is 6.76. The minimum absolute atomic E-state index is 0.150. The number of nitrogens with one attached hydrogen (secondary N) is 1. The minimum Gasteiger partial charge on any atom is -0.332 e. The summed E-state index contributed by atoms with van der Waals surface area (Å²) in [5.41, 5.74) is 1.17. The Hall–Kier alpha value is -2.22. The van der Waals surface area contributed by atoms with Gasteiger partial charge in [-0.15, -0.1) is 0 Å². The summed E-state index contributed by atoms with van der Waals surface area (Å²) in [5.74, 6) is 2.56. The van der Waals surface area contributed by atoms with Crippen LogP contribution in [0.4, 0.5) is 4.39 Å². The lowest BCUT2D eigenvalue weighted by molar-refractivity contribution is 0.256. The van der Waals surface area contributed by atoms with Gasteiger partial charge >= 0.3 is 5.69 Å². The number of aromatic nitrogens is 2. The fourth-order valence-electron chi connectivity index (χ4n) is 2.86. The number of likely N-dealkylation sites (tertiary alicyclic amines) is 1. The van der Waals surface area contributed by atoms with Crippen molar-refractivity contribution in [1.82, 2.24) is 14.5 Å². The van der Waals surface area contributed by atoms with Gasteiger partial charge in [-0.05, 0) is 38.0 Å². The number of piperidine rings is 1. The molecule has 1 aliphatic rings. The summed E-state index contributed by atoms with van der Waals surface area (Å²) in [4.78, 5) is 16.9. The maximum Gasteiger partial charge on any atom is 0.326 e. The summed E-state index contributed by atoms with van der Waals surface area (Å²) in [6.07, 6.45) is 1.75. The van der Waals surface area contributed by atoms with Gasteiger partial charge < -0.3 is 9.88 Å². The van der Waals surface area contributed by atoms with Crippen LogP contribution in [0.1, 0.15) is 25.8 Å². The molecule has 1 aromatic carbocycles. The van der Waals surface area contributed by atoms with E-state index >= 15 is 0 Å². The van der Waals surface area contributed by atoms with Crippen LogP contribution >= 0.6 is 0 Å². The number of hydrogen-bond acceptors (Lipinski definition) is 2. The number of hydrogen-bond donors (Lipinski definition) is 1. The number of imidazole rings is 1. The molecule has 0 radical (unpaired) electrons. The fraction of sp³-hybridized carbons (Fsp3) is 0.400. The molecule has 20 heavy (non-hydrogen) atoms. The van der Waals surface area contributed by atoms with Crippen molar-refractivity contribution in [2.45, 2.75) is 25.8 Å².